The molecule has 2 aromatic heterocycles. The van der Waals surface area contributed by atoms with E-state index in [-0.39, 0.29) is 29.1 Å². The van der Waals surface area contributed by atoms with E-state index in [1.807, 2.05) is 0 Å². The van der Waals surface area contributed by atoms with Gasteiger partial charge in [0.05, 0.1) is 10.2 Å². The van der Waals surface area contributed by atoms with Gasteiger partial charge in [0.2, 0.25) is 0 Å². The van der Waals surface area contributed by atoms with Crippen LogP contribution in [0.3, 0.4) is 0 Å². The third kappa shape index (κ3) is 4.17. The Labute approximate surface area is 173 Å². The third-order valence-electron chi connectivity index (χ3n) is 4.79. The second kappa shape index (κ2) is 8.44. The van der Waals surface area contributed by atoms with Crippen LogP contribution >= 0.6 is 11.3 Å². The maximum atomic E-state index is 14.3. The zero-order valence-corrected chi connectivity index (χ0v) is 16.6. The molecule has 0 radical (unpaired) electrons. The van der Waals surface area contributed by atoms with Crippen LogP contribution in [0.5, 0.6) is 0 Å². The number of hydrogen-bond acceptors (Lipinski definition) is 6. The number of benzene rings is 1. The molecule has 0 saturated carbocycles. The van der Waals surface area contributed by atoms with Crippen LogP contribution in [0.2, 0.25) is 0 Å². The molecule has 11 heteroatoms. The van der Waals surface area contributed by atoms with Gasteiger partial charge in [0.25, 0.3) is 0 Å². The Morgan fingerprint density at radius 2 is 1.83 bits per heavy atom. The summed E-state index contributed by atoms with van der Waals surface area (Å²) in [5.74, 6) is -2.21. The lowest BCUT2D eigenvalue weighted by molar-refractivity contribution is 0.208. The molecule has 0 aliphatic carbocycles. The van der Waals surface area contributed by atoms with E-state index in [1.54, 1.807) is 9.80 Å². The number of aliphatic hydroxyl groups is 1. The minimum absolute atomic E-state index is 0.0766. The second-order valence-corrected chi connectivity index (χ2v) is 7.81. The minimum Gasteiger partial charge on any atom is -0.396 e. The number of urea groups is 1. The van der Waals surface area contributed by atoms with Crippen LogP contribution in [0.4, 0.5) is 28.9 Å². The first kappa shape index (κ1) is 20.4. The fraction of sp³-hybridized carbons (Fsp3) is 0.316. The monoisotopic (exact) mass is 437 g/mol. The molecule has 1 saturated heterocycles. The number of rotatable bonds is 4. The van der Waals surface area contributed by atoms with Crippen LogP contribution in [-0.2, 0) is 6.42 Å². The highest BCUT2D eigenvalue weighted by atomic mass is 32.1. The van der Waals surface area contributed by atoms with E-state index in [9.17, 15) is 18.0 Å². The number of halogens is 3. The lowest BCUT2D eigenvalue weighted by Gasteiger charge is -2.35. The number of thiazole rings is 1. The number of anilines is 2. The van der Waals surface area contributed by atoms with E-state index in [4.69, 9.17) is 5.11 Å². The summed E-state index contributed by atoms with van der Waals surface area (Å²) in [6.07, 6.45) is 1.87. The molecular formula is C19H18F3N5O2S. The molecule has 3 aromatic rings. The van der Waals surface area contributed by atoms with Gasteiger partial charge in [-0.25, -0.2) is 27.9 Å². The Balaban J connectivity index is 1.37. The Hall–Kier alpha value is -2.92. The zero-order chi connectivity index (χ0) is 21.3. The summed E-state index contributed by atoms with van der Waals surface area (Å²) in [5.41, 5.74) is 0.887. The average molecular weight is 437 g/mol. The Morgan fingerprint density at radius 3 is 2.53 bits per heavy atom. The summed E-state index contributed by atoms with van der Waals surface area (Å²) in [7, 11) is 0. The highest BCUT2D eigenvalue weighted by Crippen LogP contribution is 2.28. The smallest absolute Gasteiger partial charge is 0.323 e. The molecule has 1 fully saturated rings. The van der Waals surface area contributed by atoms with Gasteiger partial charge in [-0.15, -0.1) is 0 Å². The number of piperazine rings is 1. The second-order valence-electron chi connectivity index (χ2n) is 6.78. The third-order valence-corrected chi connectivity index (χ3v) is 5.72. The van der Waals surface area contributed by atoms with E-state index >= 15 is 0 Å². The molecule has 1 aliphatic rings. The maximum Gasteiger partial charge on any atom is 0.323 e. The van der Waals surface area contributed by atoms with Crippen molar-refractivity contribution in [3.8, 4) is 0 Å². The normalized spacial score (nSPS) is 14.4. The molecule has 2 amide bonds. The molecule has 0 spiro atoms. The zero-order valence-electron chi connectivity index (χ0n) is 15.7. The largest absolute Gasteiger partial charge is 0.396 e. The number of nitrogens with one attached hydrogen (secondary N) is 1. The van der Waals surface area contributed by atoms with Gasteiger partial charge in [0.1, 0.15) is 0 Å². The van der Waals surface area contributed by atoms with Crippen LogP contribution in [0.25, 0.3) is 10.2 Å². The molecule has 4 rings (SSSR count). The van der Waals surface area contributed by atoms with Crippen molar-refractivity contribution in [1.29, 1.82) is 0 Å². The van der Waals surface area contributed by atoms with E-state index in [1.165, 1.54) is 12.3 Å². The SMILES string of the molecule is O=C(Nc1nc2cc(F)c(F)cc2s1)N1CCN(c2ncc(CCO)cc2F)CC1. The van der Waals surface area contributed by atoms with Gasteiger partial charge in [0.15, 0.2) is 28.4 Å². The van der Waals surface area contributed by atoms with Gasteiger partial charge in [-0.05, 0) is 24.1 Å². The topological polar surface area (TPSA) is 81.6 Å². The first-order valence-electron chi connectivity index (χ1n) is 9.26. The summed E-state index contributed by atoms with van der Waals surface area (Å²) in [5, 5.41) is 11.8. The highest BCUT2D eigenvalue weighted by molar-refractivity contribution is 7.22. The van der Waals surface area contributed by atoms with Gasteiger partial charge >= 0.3 is 6.03 Å². The molecule has 0 bridgehead atoms. The summed E-state index contributed by atoms with van der Waals surface area (Å²) >= 11 is 1.05. The standard InChI is InChI=1S/C19H18F3N5O2S/c20-12-8-15-16(9-13(12)21)30-18(24-15)25-19(29)27-4-2-26(3-5-27)17-14(22)7-11(1-6-28)10-23-17/h7-10,28H,1-6H2,(H,24,25,29). The van der Waals surface area contributed by atoms with Crippen LogP contribution in [-0.4, -0.2) is 58.8 Å². The molecular weight excluding hydrogens is 419 g/mol. The fourth-order valence-corrected chi connectivity index (χ4v) is 4.10. The number of pyridine rings is 1. The number of amides is 2. The Morgan fingerprint density at radius 1 is 1.10 bits per heavy atom. The van der Waals surface area contributed by atoms with E-state index in [0.717, 1.165) is 23.5 Å². The summed E-state index contributed by atoms with van der Waals surface area (Å²) in [6, 6.07) is 3.00. The lowest BCUT2D eigenvalue weighted by Crippen LogP contribution is -2.50. The van der Waals surface area contributed by atoms with Crippen molar-refractivity contribution in [3.05, 3.63) is 47.4 Å². The number of hydrogen-bond donors (Lipinski definition) is 2. The van der Waals surface area contributed by atoms with Crippen molar-refractivity contribution in [1.82, 2.24) is 14.9 Å². The van der Waals surface area contributed by atoms with Crippen molar-refractivity contribution in [2.24, 2.45) is 0 Å². The van der Waals surface area contributed by atoms with Crippen molar-refractivity contribution >= 4 is 38.5 Å². The van der Waals surface area contributed by atoms with Gasteiger partial charge in [-0.3, -0.25) is 5.32 Å². The summed E-state index contributed by atoms with van der Waals surface area (Å²) in [6.45, 7) is 1.41. The predicted molar refractivity (Wildman–Crippen MR) is 107 cm³/mol. The number of carbonyl (C=O) groups is 1. The molecule has 30 heavy (non-hydrogen) atoms. The average Bonchev–Trinajstić information content (AvgIpc) is 3.09. The van der Waals surface area contributed by atoms with Gasteiger partial charge in [-0.1, -0.05) is 11.3 Å². The van der Waals surface area contributed by atoms with Crippen molar-refractivity contribution in [2.75, 3.05) is 43.0 Å². The first-order chi connectivity index (χ1) is 14.4. The molecule has 3 heterocycles. The number of aromatic nitrogens is 2. The molecule has 1 aliphatic heterocycles. The molecule has 158 valence electrons. The number of aliphatic hydroxyl groups excluding tert-OH is 1. The predicted octanol–water partition coefficient (Wildman–Crippen LogP) is 3.00. The van der Waals surface area contributed by atoms with Gasteiger partial charge in [0, 0.05) is 45.0 Å². The maximum absolute atomic E-state index is 14.3. The van der Waals surface area contributed by atoms with E-state index in [0.29, 0.717) is 42.9 Å². The van der Waals surface area contributed by atoms with E-state index in [2.05, 4.69) is 15.3 Å². The lowest BCUT2D eigenvalue weighted by atomic mass is 10.2. The first-order valence-corrected chi connectivity index (χ1v) is 10.1. The highest BCUT2D eigenvalue weighted by Gasteiger charge is 2.24. The number of nitrogens with zero attached hydrogens (tertiary/aromatic N) is 4. The van der Waals surface area contributed by atoms with Crippen molar-refractivity contribution in [2.45, 2.75) is 6.42 Å². The van der Waals surface area contributed by atoms with Gasteiger partial charge < -0.3 is 14.9 Å². The molecule has 0 unspecified atom stereocenters. The molecule has 2 N–H and O–H groups in total. The molecule has 0 atom stereocenters. The van der Waals surface area contributed by atoms with Crippen LogP contribution < -0.4 is 10.2 Å². The molecule has 1 aromatic carbocycles. The van der Waals surface area contributed by atoms with Gasteiger partial charge in [-0.2, -0.15) is 0 Å². The van der Waals surface area contributed by atoms with Crippen LogP contribution in [0, 0.1) is 17.5 Å². The van der Waals surface area contributed by atoms with E-state index < -0.39 is 17.5 Å². The number of fused-ring (bicyclic) bond motifs is 1. The Kier molecular flexibility index (Phi) is 5.73. The summed E-state index contributed by atoms with van der Waals surface area (Å²) in [4.78, 5) is 24.1. The van der Waals surface area contributed by atoms with Crippen LogP contribution in [0.1, 0.15) is 5.56 Å². The van der Waals surface area contributed by atoms with Crippen molar-refractivity contribution in [3.63, 3.8) is 0 Å². The van der Waals surface area contributed by atoms with Crippen molar-refractivity contribution < 1.29 is 23.1 Å². The fourth-order valence-electron chi connectivity index (χ4n) is 3.24. The number of carbonyl (C=O) groups excluding carboxylic acids is 1. The minimum atomic E-state index is -0.993. The molecule has 7 nitrogen and oxygen atoms in total. The quantitative estimate of drug-likeness (QED) is 0.656. The summed E-state index contributed by atoms with van der Waals surface area (Å²) < 4.78 is 41.4. The van der Waals surface area contributed by atoms with Crippen LogP contribution in [0.15, 0.2) is 24.4 Å². The Bertz CT molecular complexity index is 1050.